The summed E-state index contributed by atoms with van der Waals surface area (Å²) < 4.78 is 31.1. The topological polar surface area (TPSA) is 91.8 Å². The number of aromatic nitrogens is 1. The van der Waals surface area contributed by atoms with Gasteiger partial charge in [-0.25, -0.2) is 17.7 Å². The van der Waals surface area contributed by atoms with Crippen LogP contribution >= 0.6 is 0 Å². The molecule has 8 nitrogen and oxygen atoms in total. The SMILES string of the molecule is CN(C)CC[C@H]1CN(S(C)(=O)=O)c2nc(NC=O)ccc2O1. The fourth-order valence-electron chi connectivity index (χ4n) is 2.18. The lowest BCUT2D eigenvalue weighted by Crippen LogP contribution is -2.44. The van der Waals surface area contributed by atoms with E-state index in [-0.39, 0.29) is 24.3 Å². The van der Waals surface area contributed by atoms with E-state index in [0.717, 1.165) is 12.8 Å². The van der Waals surface area contributed by atoms with Crippen LogP contribution < -0.4 is 14.4 Å². The van der Waals surface area contributed by atoms with Crippen molar-refractivity contribution in [2.24, 2.45) is 0 Å². The number of carbonyl (C=O) groups is 1. The summed E-state index contributed by atoms with van der Waals surface area (Å²) in [7, 11) is 0.416. The quantitative estimate of drug-likeness (QED) is 0.746. The average molecular weight is 328 g/mol. The van der Waals surface area contributed by atoms with Crippen LogP contribution in [0.15, 0.2) is 12.1 Å². The first-order valence-electron chi connectivity index (χ1n) is 6.81. The van der Waals surface area contributed by atoms with Crippen molar-refractivity contribution in [3.05, 3.63) is 12.1 Å². The Labute approximate surface area is 130 Å². The number of ether oxygens (including phenoxy) is 1. The lowest BCUT2D eigenvalue weighted by molar-refractivity contribution is -0.105. The van der Waals surface area contributed by atoms with Gasteiger partial charge in [0, 0.05) is 6.54 Å². The molecular formula is C13H20N4O4S. The molecule has 1 aromatic heterocycles. The second-order valence-electron chi connectivity index (χ2n) is 5.41. The van der Waals surface area contributed by atoms with E-state index in [0.29, 0.717) is 18.6 Å². The van der Waals surface area contributed by atoms with Gasteiger partial charge >= 0.3 is 0 Å². The molecule has 1 aromatic rings. The van der Waals surface area contributed by atoms with Crippen molar-refractivity contribution >= 4 is 28.1 Å². The van der Waals surface area contributed by atoms with E-state index in [2.05, 4.69) is 10.3 Å². The number of nitrogens with one attached hydrogen (secondary N) is 1. The predicted octanol–water partition coefficient (Wildman–Crippen LogP) is 0.129. The molecule has 2 heterocycles. The highest BCUT2D eigenvalue weighted by atomic mass is 32.2. The van der Waals surface area contributed by atoms with Gasteiger partial charge in [-0.2, -0.15) is 0 Å². The van der Waals surface area contributed by atoms with Gasteiger partial charge in [0.15, 0.2) is 11.6 Å². The van der Waals surface area contributed by atoms with E-state index in [9.17, 15) is 13.2 Å². The Morgan fingerprint density at radius 3 is 2.82 bits per heavy atom. The van der Waals surface area contributed by atoms with Gasteiger partial charge in [0.2, 0.25) is 16.4 Å². The fourth-order valence-corrected chi connectivity index (χ4v) is 3.06. The number of hydrogen-bond acceptors (Lipinski definition) is 6. The summed E-state index contributed by atoms with van der Waals surface area (Å²) in [4.78, 5) is 16.7. The Morgan fingerprint density at radius 2 is 2.23 bits per heavy atom. The first-order chi connectivity index (χ1) is 10.3. The van der Waals surface area contributed by atoms with Gasteiger partial charge in [0.05, 0.1) is 12.8 Å². The Bertz CT molecular complexity index is 647. The van der Waals surface area contributed by atoms with Crippen molar-refractivity contribution in [2.45, 2.75) is 12.5 Å². The number of anilines is 2. The van der Waals surface area contributed by atoms with Gasteiger partial charge in [0.1, 0.15) is 11.9 Å². The summed E-state index contributed by atoms with van der Waals surface area (Å²) in [6.45, 7) is 0.993. The second-order valence-corrected chi connectivity index (χ2v) is 7.31. The Hall–Kier alpha value is -1.87. The zero-order valence-electron chi connectivity index (χ0n) is 12.8. The van der Waals surface area contributed by atoms with Gasteiger partial charge in [-0.05, 0) is 32.6 Å². The van der Waals surface area contributed by atoms with Crippen LogP contribution in [0.25, 0.3) is 0 Å². The maximum atomic E-state index is 12.0. The third kappa shape index (κ3) is 3.86. The van der Waals surface area contributed by atoms with Crippen LogP contribution in [-0.4, -0.2) is 64.3 Å². The van der Waals surface area contributed by atoms with Crippen LogP contribution in [-0.2, 0) is 14.8 Å². The molecule has 0 spiro atoms. The summed E-state index contributed by atoms with van der Waals surface area (Å²) in [5, 5.41) is 2.41. The summed E-state index contributed by atoms with van der Waals surface area (Å²) >= 11 is 0. The first-order valence-corrected chi connectivity index (χ1v) is 8.66. The minimum atomic E-state index is -3.48. The monoisotopic (exact) mass is 328 g/mol. The molecule has 2 rings (SSSR count). The molecule has 0 bridgehead atoms. The van der Waals surface area contributed by atoms with Crippen molar-refractivity contribution in [3.8, 4) is 5.75 Å². The molecule has 122 valence electrons. The van der Waals surface area contributed by atoms with E-state index in [1.54, 1.807) is 12.1 Å². The smallest absolute Gasteiger partial charge is 0.233 e. The molecule has 1 aliphatic heterocycles. The normalized spacial score (nSPS) is 17.8. The molecule has 1 atom stereocenters. The van der Waals surface area contributed by atoms with E-state index in [1.165, 1.54) is 4.31 Å². The van der Waals surface area contributed by atoms with Crippen molar-refractivity contribution in [1.82, 2.24) is 9.88 Å². The molecule has 0 aliphatic carbocycles. The molecular weight excluding hydrogens is 308 g/mol. The summed E-state index contributed by atoms with van der Waals surface area (Å²) in [5.74, 6) is 0.880. The zero-order valence-corrected chi connectivity index (χ0v) is 13.6. The van der Waals surface area contributed by atoms with Crippen LogP contribution in [0, 0.1) is 0 Å². The lowest BCUT2D eigenvalue weighted by atomic mass is 10.2. The zero-order chi connectivity index (χ0) is 16.3. The van der Waals surface area contributed by atoms with Crippen LogP contribution in [0.4, 0.5) is 11.6 Å². The highest BCUT2D eigenvalue weighted by Gasteiger charge is 2.32. The van der Waals surface area contributed by atoms with Gasteiger partial charge < -0.3 is 15.0 Å². The van der Waals surface area contributed by atoms with Crippen molar-refractivity contribution in [2.75, 3.05) is 43.1 Å². The van der Waals surface area contributed by atoms with Crippen molar-refractivity contribution < 1.29 is 17.9 Å². The molecule has 0 saturated carbocycles. The fraction of sp³-hybridized carbons (Fsp3) is 0.538. The van der Waals surface area contributed by atoms with Crippen LogP contribution in [0.1, 0.15) is 6.42 Å². The molecule has 22 heavy (non-hydrogen) atoms. The van der Waals surface area contributed by atoms with Gasteiger partial charge in [-0.1, -0.05) is 0 Å². The van der Waals surface area contributed by atoms with E-state index < -0.39 is 10.0 Å². The Balaban J connectivity index is 2.32. The summed E-state index contributed by atoms with van der Waals surface area (Å²) in [6.07, 6.45) is 2.08. The van der Waals surface area contributed by atoms with Gasteiger partial charge in [-0.3, -0.25) is 4.79 Å². The highest BCUT2D eigenvalue weighted by molar-refractivity contribution is 7.92. The number of amides is 1. The van der Waals surface area contributed by atoms with Crippen LogP contribution in [0.3, 0.4) is 0 Å². The first kappa shape index (κ1) is 16.5. The van der Waals surface area contributed by atoms with Gasteiger partial charge in [0.25, 0.3) is 0 Å². The summed E-state index contributed by atoms with van der Waals surface area (Å²) in [5.41, 5.74) is 0. The van der Waals surface area contributed by atoms with Crippen LogP contribution in [0.2, 0.25) is 0 Å². The average Bonchev–Trinajstić information content (AvgIpc) is 2.43. The molecule has 1 amide bonds. The minimum absolute atomic E-state index is 0.204. The second kappa shape index (κ2) is 6.49. The molecule has 1 aliphatic rings. The maximum Gasteiger partial charge on any atom is 0.233 e. The molecule has 1 N–H and O–H groups in total. The highest BCUT2D eigenvalue weighted by Crippen LogP contribution is 2.34. The van der Waals surface area contributed by atoms with E-state index >= 15 is 0 Å². The number of fused-ring (bicyclic) bond motifs is 1. The molecule has 0 fully saturated rings. The number of hydrogen-bond donors (Lipinski definition) is 1. The number of sulfonamides is 1. The van der Waals surface area contributed by atoms with Crippen molar-refractivity contribution in [3.63, 3.8) is 0 Å². The van der Waals surface area contributed by atoms with Crippen molar-refractivity contribution in [1.29, 1.82) is 0 Å². The third-order valence-corrected chi connectivity index (χ3v) is 4.37. The van der Waals surface area contributed by atoms with E-state index in [1.807, 2.05) is 19.0 Å². The standard InChI is InChI=1S/C13H20N4O4S/c1-16(2)7-6-10-8-17(22(3,19)20)13-11(21-10)4-5-12(15-13)14-9-18/h4-5,9-10H,6-8H2,1-3H3,(H,14,15,18)/t10-/m0/s1. The third-order valence-electron chi connectivity index (χ3n) is 3.24. The van der Waals surface area contributed by atoms with Crippen LogP contribution in [0.5, 0.6) is 5.75 Å². The van der Waals surface area contributed by atoms with E-state index in [4.69, 9.17) is 4.74 Å². The number of carbonyl (C=O) groups excluding carboxylic acids is 1. The molecule has 0 unspecified atom stereocenters. The minimum Gasteiger partial charge on any atom is -0.485 e. The molecule has 0 radical (unpaired) electrons. The number of nitrogens with zero attached hydrogens (tertiary/aromatic N) is 3. The van der Waals surface area contributed by atoms with Gasteiger partial charge in [-0.15, -0.1) is 0 Å². The number of rotatable bonds is 6. The number of pyridine rings is 1. The lowest BCUT2D eigenvalue weighted by Gasteiger charge is -2.34. The summed E-state index contributed by atoms with van der Waals surface area (Å²) in [6, 6.07) is 3.19. The molecule has 0 aromatic carbocycles. The molecule has 9 heteroatoms. The molecule has 0 saturated heterocycles. The Morgan fingerprint density at radius 1 is 1.50 bits per heavy atom. The maximum absolute atomic E-state index is 12.0. The predicted molar refractivity (Wildman–Crippen MR) is 83.7 cm³/mol. The largest absolute Gasteiger partial charge is 0.485 e. The Kier molecular flexibility index (Phi) is 4.87.